The van der Waals surface area contributed by atoms with Crippen LogP contribution in [0.5, 0.6) is 0 Å². The molecule has 0 aliphatic heterocycles. The third-order valence-electron chi connectivity index (χ3n) is 4.13. The minimum absolute atomic E-state index is 1.08. The predicted molar refractivity (Wildman–Crippen MR) is 107 cm³/mol. The molecule has 0 aliphatic rings. The molecule has 0 N–H and O–H groups in total. The van der Waals surface area contributed by atoms with Gasteiger partial charge in [-0.3, -0.25) is 0 Å². The highest BCUT2D eigenvalue weighted by molar-refractivity contribution is 6.98. The number of fused-ring (bicyclic) bond motifs is 1. The van der Waals surface area contributed by atoms with Gasteiger partial charge in [-0.25, -0.2) is 0 Å². The first-order valence-electron chi connectivity index (χ1n) is 8.15. The van der Waals surface area contributed by atoms with Crippen molar-refractivity contribution in [3.05, 3.63) is 77.9 Å². The second kappa shape index (κ2) is 6.79. The molecule has 0 amide bonds. The minimum Gasteiger partial charge on any atom is -0.121 e. The monoisotopic (exact) mass is 324 g/mol. The van der Waals surface area contributed by atoms with E-state index in [1.807, 2.05) is 25.1 Å². The van der Waals surface area contributed by atoms with Crippen molar-refractivity contribution in [2.45, 2.75) is 20.0 Å². The molecule has 0 aromatic heterocycles. The van der Waals surface area contributed by atoms with Gasteiger partial charge in [0.05, 0.1) is 0 Å². The van der Waals surface area contributed by atoms with Crippen LogP contribution in [-0.4, -0.2) is 8.07 Å². The van der Waals surface area contributed by atoms with Crippen molar-refractivity contribution in [3.63, 3.8) is 0 Å². The lowest BCUT2D eigenvalue weighted by molar-refractivity contribution is 1.65. The van der Waals surface area contributed by atoms with E-state index in [1.165, 1.54) is 16.0 Å². The fourth-order valence-corrected chi connectivity index (χ4v) is 4.93. The van der Waals surface area contributed by atoms with Crippen molar-refractivity contribution in [2.24, 2.45) is 0 Å². The number of benzene rings is 3. The standard InChI is InChI=1S/C23H20Si/c1-4-10-20-13-8-14-21-15-9-16-22(23(20)21)24(2,3)18-17-19-11-6-5-7-12-19/h5-9,11-16H,1-3H3. The average molecular weight is 324 g/mol. The lowest BCUT2D eigenvalue weighted by atomic mass is 10.0. The molecule has 0 heterocycles. The second-order valence-electron chi connectivity index (χ2n) is 6.33. The Hall–Kier alpha value is -2.74. The van der Waals surface area contributed by atoms with Crippen LogP contribution in [0.1, 0.15) is 18.1 Å². The van der Waals surface area contributed by atoms with Crippen LogP contribution in [0.3, 0.4) is 0 Å². The molecule has 0 saturated heterocycles. The summed E-state index contributed by atoms with van der Waals surface area (Å²) in [4.78, 5) is 0. The molecule has 0 atom stereocenters. The third kappa shape index (κ3) is 3.28. The van der Waals surface area contributed by atoms with Crippen LogP contribution in [0.15, 0.2) is 66.7 Å². The van der Waals surface area contributed by atoms with E-state index in [1.54, 1.807) is 0 Å². The van der Waals surface area contributed by atoms with Crippen LogP contribution in [0, 0.1) is 23.3 Å². The maximum Gasteiger partial charge on any atom is 0.163 e. The Labute approximate surface area is 145 Å². The van der Waals surface area contributed by atoms with Crippen molar-refractivity contribution >= 4 is 24.0 Å². The molecule has 3 aromatic carbocycles. The second-order valence-corrected chi connectivity index (χ2v) is 10.4. The van der Waals surface area contributed by atoms with E-state index < -0.39 is 8.07 Å². The quantitative estimate of drug-likeness (QED) is 0.449. The Morgan fingerprint density at radius 3 is 2.17 bits per heavy atom. The Kier molecular flexibility index (Phi) is 4.56. The van der Waals surface area contributed by atoms with Crippen molar-refractivity contribution in [3.8, 4) is 23.3 Å². The molecule has 0 spiro atoms. The molecule has 0 aliphatic carbocycles. The van der Waals surface area contributed by atoms with Gasteiger partial charge in [0.2, 0.25) is 0 Å². The van der Waals surface area contributed by atoms with Gasteiger partial charge in [0, 0.05) is 11.1 Å². The van der Waals surface area contributed by atoms with Crippen LogP contribution < -0.4 is 5.19 Å². The van der Waals surface area contributed by atoms with Gasteiger partial charge in [0.1, 0.15) is 0 Å². The van der Waals surface area contributed by atoms with Gasteiger partial charge in [0.25, 0.3) is 0 Å². The molecule has 116 valence electrons. The van der Waals surface area contributed by atoms with Crippen LogP contribution in [0.2, 0.25) is 13.1 Å². The van der Waals surface area contributed by atoms with Crippen LogP contribution in [0.4, 0.5) is 0 Å². The van der Waals surface area contributed by atoms with Crippen molar-refractivity contribution in [1.29, 1.82) is 0 Å². The van der Waals surface area contributed by atoms with Crippen LogP contribution in [0.25, 0.3) is 10.8 Å². The van der Waals surface area contributed by atoms with Crippen LogP contribution in [-0.2, 0) is 0 Å². The summed E-state index contributed by atoms with van der Waals surface area (Å²) in [5, 5.41) is 3.88. The molecule has 0 nitrogen and oxygen atoms in total. The lowest BCUT2D eigenvalue weighted by Crippen LogP contribution is -2.41. The number of hydrogen-bond acceptors (Lipinski definition) is 0. The van der Waals surface area contributed by atoms with E-state index in [0.29, 0.717) is 0 Å². The van der Waals surface area contributed by atoms with Crippen molar-refractivity contribution < 1.29 is 0 Å². The van der Waals surface area contributed by atoms with E-state index in [4.69, 9.17) is 0 Å². The van der Waals surface area contributed by atoms with E-state index in [2.05, 4.69) is 84.9 Å². The highest BCUT2D eigenvalue weighted by atomic mass is 28.3. The lowest BCUT2D eigenvalue weighted by Gasteiger charge is -2.19. The molecule has 0 bridgehead atoms. The SMILES string of the molecule is CC#Cc1cccc2cccc([Si](C)(C)C#Cc3ccccc3)c12. The van der Waals surface area contributed by atoms with Crippen LogP contribution >= 0.6 is 0 Å². The smallest absolute Gasteiger partial charge is 0.121 e. The minimum atomic E-state index is -1.92. The highest BCUT2D eigenvalue weighted by Gasteiger charge is 2.24. The van der Waals surface area contributed by atoms with E-state index in [0.717, 1.165) is 11.1 Å². The van der Waals surface area contributed by atoms with Gasteiger partial charge < -0.3 is 0 Å². The van der Waals surface area contributed by atoms with Gasteiger partial charge in [-0.1, -0.05) is 73.5 Å². The van der Waals surface area contributed by atoms with E-state index in [-0.39, 0.29) is 0 Å². The summed E-state index contributed by atoms with van der Waals surface area (Å²) in [5.41, 5.74) is 5.77. The first kappa shape index (κ1) is 16.1. The van der Waals surface area contributed by atoms with Gasteiger partial charge in [-0.05, 0) is 41.1 Å². The maximum absolute atomic E-state index is 3.59. The fourth-order valence-electron chi connectivity index (χ4n) is 2.92. The van der Waals surface area contributed by atoms with E-state index in [9.17, 15) is 0 Å². The molecule has 0 fully saturated rings. The molecular weight excluding hydrogens is 304 g/mol. The Morgan fingerprint density at radius 2 is 1.46 bits per heavy atom. The normalized spacial score (nSPS) is 10.5. The summed E-state index contributed by atoms with van der Waals surface area (Å²) >= 11 is 0. The molecule has 24 heavy (non-hydrogen) atoms. The zero-order valence-corrected chi connectivity index (χ0v) is 15.4. The van der Waals surface area contributed by atoms with Gasteiger partial charge in [-0.15, -0.1) is 11.5 Å². The first-order chi connectivity index (χ1) is 11.6. The molecule has 3 rings (SSSR count). The van der Waals surface area contributed by atoms with Crippen molar-refractivity contribution in [1.82, 2.24) is 0 Å². The number of rotatable bonds is 1. The first-order valence-corrected chi connectivity index (χ1v) is 11.1. The van der Waals surface area contributed by atoms with Gasteiger partial charge in [0.15, 0.2) is 8.07 Å². The summed E-state index contributed by atoms with van der Waals surface area (Å²) in [7, 11) is -1.92. The number of hydrogen-bond donors (Lipinski definition) is 0. The summed E-state index contributed by atoms with van der Waals surface area (Å²) < 4.78 is 0. The Balaban J connectivity index is 2.17. The van der Waals surface area contributed by atoms with Gasteiger partial charge >= 0.3 is 0 Å². The summed E-state index contributed by atoms with van der Waals surface area (Å²) in [6.07, 6.45) is 0. The Bertz CT molecular complexity index is 985. The molecule has 0 radical (unpaired) electrons. The molecular formula is C23H20Si. The topological polar surface area (TPSA) is 0 Å². The zero-order valence-electron chi connectivity index (χ0n) is 14.4. The third-order valence-corrected chi connectivity index (χ3v) is 6.64. The molecule has 0 saturated carbocycles. The largest absolute Gasteiger partial charge is 0.163 e. The maximum atomic E-state index is 3.59. The molecule has 3 aromatic rings. The molecule has 1 heteroatoms. The van der Waals surface area contributed by atoms with E-state index >= 15 is 0 Å². The summed E-state index contributed by atoms with van der Waals surface area (Å²) in [5.74, 6) is 9.68. The summed E-state index contributed by atoms with van der Waals surface area (Å²) in [6.45, 7) is 6.51. The zero-order chi connectivity index (χ0) is 17.0. The Morgan fingerprint density at radius 1 is 0.750 bits per heavy atom. The average Bonchev–Trinajstić information content (AvgIpc) is 2.61. The van der Waals surface area contributed by atoms with Crippen molar-refractivity contribution in [2.75, 3.05) is 0 Å². The van der Waals surface area contributed by atoms with Gasteiger partial charge in [-0.2, -0.15) is 0 Å². The molecule has 0 unspecified atom stereocenters. The fraction of sp³-hybridized carbons (Fsp3) is 0.130. The highest BCUT2D eigenvalue weighted by Crippen LogP contribution is 2.19. The predicted octanol–water partition coefficient (Wildman–Crippen LogP) is 4.72. The summed E-state index contributed by atoms with van der Waals surface area (Å²) in [6, 6.07) is 23.1.